The van der Waals surface area contributed by atoms with Crippen molar-refractivity contribution in [1.29, 1.82) is 0 Å². The zero-order valence-electron chi connectivity index (χ0n) is 28.2. The van der Waals surface area contributed by atoms with E-state index < -0.39 is 20.3 Å². The molecule has 0 N–H and O–H groups in total. The largest absolute Gasteiger partial charge is 1.00 e. The van der Waals surface area contributed by atoms with Gasteiger partial charge < -0.3 is 24.8 Å². The Morgan fingerprint density at radius 1 is 0.533 bits per heavy atom. The van der Waals surface area contributed by atoms with Gasteiger partial charge in [0, 0.05) is 0 Å². The Balaban J connectivity index is 0.00000200. The van der Waals surface area contributed by atoms with Crippen LogP contribution in [0.1, 0.15) is 89.6 Å². The van der Waals surface area contributed by atoms with Gasteiger partial charge in [0.05, 0.1) is 0 Å². The molecule has 232 valence electrons. The number of rotatable bonds is 6. The van der Waals surface area contributed by atoms with Crippen molar-refractivity contribution in [2.45, 2.75) is 83.7 Å². The van der Waals surface area contributed by atoms with Crippen molar-refractivity contribution in [1.82, 2.24) is 0 Å². The minimum Gasteiger partial charge on any atom is -1.00 e. The SMILES string of the molecule is CCC1=Cc2c(-c3ccccc3C)c(C)cc(C)c2[CH]1[Zr+2]1([CH]2C(CC)=Cc3c(-c4ccccc4C)c(C)cc(C)c32)[CH2][CH2]1.[Cl-].[Cl-]. The summed E-state index contributed by atoms with van der Waals surface area (Å²) in [5.74, 6) is 0. The number of halogens is 2. The first-order valence-corrected chi connectivity index (χ1v) is 22.8. The summed E-state index contributed by atoms with van der Waals surface area (Å²) >= 11 is -2.80. The van der Waals surface area contributed by atoms with Crippen LogP contribution < -0.4 is 24.8 Å². The molecule has 2 unspecified atom stereocenters. The maximum atomic E-state index is 2.67. The van der Waals surface area contributed by atoms with Gasteiger partial charge in [-0.05, 0) is 0 Å². The first-order valence-electron chi connectivity index (χ1n) is 16.5. The monoisotopic (exact) mass is 710 g/mol. The van der Waals surface area contributed by atoms with Crippen molar-refractivity contribution in [3.63, 3.8) is 0 Å². The van der Waals surface area contributed by atoms with E-state index in [9.17, 15) is 0 Å². The van der Waals surface area contributed by atoms with E-state index in [1.165, 1.54) is 63.9 Å². The van der Waals surface area contributed by atoms with E-state index in [1.54, 1.807) is 33.4 Å². The normalized spacial score (nSPS) is 18.0. The standard InChI is InChI=1S/2C20H21.C2H4.2ClH.Zr/c2*1-5-16-11-18-14(3)10-15(4)20(19(18)12-16)17-9-7-6-8-13(17)2;1-2;;;/h2*6-12H,5H2,1-4H3;1-2H2;2*1H;/q;;;;;+2/p-2. The van der Waals surface area contributed by atoms with E-state index in [2.05, 4.69) is 128 Å². The molecule has 0 aromatic heterocycles. The average Bonchev–Trinajstić information content (AvgIpc) is 3.51. The topological polar surface area (TPSA) is 0 Å². The molecule has 0 nitrogen and oxygen atoms in total. The maximum absolute atomic E-state index is 2.80. The summed E-state index contributed by atoms with van der Waals surface area (Å²) < 4.78 is 4.40. The molecule has 4 aromatic carbocycles. The van der Waals surface area contributed by atoms with Gasteiger partial charge in [0.15, 0.2) is 0 Å². The summed E-state index contributed by atoms with van der Waals surface area (Å²) in [6, 6.07) is 23.1. The molecule has 45 heavy (non-hydrogen) atoms. The molecular weight excluding hydrogens is 667 g/mol. The predicted molar refractivity (Wildman–Crippen MR) is 184 cm³/mol. The maximum Gasteiger partial charge on any atom is -1.00 e. The summed E-state index contributed by atoms with van der Waals surface area (Å²) in [6.45, 7) is 18.9. The Hall–Kier alpha value is -2.18. The minimum atomic E-state index is -2.80. The van der Waals surface area contributed by atoms with Crippen LogP contribution in [-0.4, -0.2) is 0 Å². The Morgan fingerprint density at radius 3 is 1.24 bits per heavy atom. The van der Waals surface area contributed by atoms with Gasteiger partial charge in [-0.2, -0.15) is 0 Å². The second-order valence-corrected chi connectivity index (χ2v) is 25.2. The fourth-order valence-electron chi connectivity index (χ4n) is 9.28. The molecule has 1 aliphatic heterocycles. The summed E-state index contributed by atoms with van der Waals surface area (Å²) in [4.78, 5) is 0. The van der Waals surface area contributed by atoms with Crippen molar-refractivity contribution < 1.29 is 45.1 Å². The summed E-state index contributed by atoms with van der Waals surface area (Å²) in [7, 11) is 0. The second kappa shape index (κ2) is 12.8. The van der Waals surface area contributed by atoms with E-state index in [-0.39, 0.29) is 24.8 Å². The molecule has 4 aromatic rings. The Morgan fingerprint density at radius 2 is 0.911 bits per heavy atom. The van der Waals surface area contributed by atoms with Crippen LogP contribution >= 0.6 is 0 Å². The van der Waals surface area contributed by atoms with Gasteiger partial charge in [-0.1, -0.05) is 0 Å². The van der Waals surface area contributed by atoms with Crippen LogP contribution in [0.3, 0.4) is 0 Å². The van der Waals surface area contributed by atoms with Gasteiger partial charge in [0.2, 0.25) is 0 Å². The van der Waals surface area contributed by atoms with E-state index in [4.69, 9.17) is 0 Å². The number of hydrogen-bond acceptors (Lipinski definition) is 0. The zero-order chi connectivity index (χ0) is 30.2. The van der Waals surface area contributed by atoms with Crippen molar-refractivity contribution in [3.8, 4) is 22.3 Å². The number of benzene rings is 4. The van der Waals surface area contributed by atoms with Crippen LogP contribution in [0.4, 0.5) is 0 Å². The van der Waals surface area contributed by atoms with Crippen LogP contribution in [0.5, 0.6) is 0 Å². The molecule has 1 heterocycles. The molecule has 2 atom stereocenters. The molecule has 7 rings (SSSR count). The van der Waals surface area contributed by atoms with Crippen molar-refractivity contribution in [2.75, 3.05) is 0 Å². The van der Waals surface area contributed by atoms with E-state index in [1.807, 2.05) is 0 Å². The Bertz CT molecular complexity index is 1740. The number of allylic oxidation sites excluding steroid dienone is 2. The van der Waals surface area contributed by atoms with Crippen LogP contribution in [0.2, 0.25) is 8.26 Å². The molecule has 0 saturated carbocycles. The Labute approximate surface area is 288 Å². The summed E-state index contributed by atoms with van der Waals surface area (Å²) in [6.07, 6.45) is 7.67. The molecule has 1 saturated heterocycles. The Kier molecular flexibility index (Phi) is 9.71. The van der Waals surface area contributed by atoms with Gasteiger partial charge in [0.1, 0.15) is 0 Å². The molecule has 0 bridgehead atoms. The van der Waals surface area contributed by atoms with E-state index in [0.29, 0.717) is 7.25 Å². The first-order chi connectivity index (χ1) is 20.7. The molecule has 0 amide bonds. The van der Waals surface area contributed by atoms with Crippen molar-refractivity contribution >= 4 is 12.2 Å². The molecule has 0 radical (unpaired) electrons. The predicted octanol–water partition coefficient (Wildman–Crippen LogP) is 6.28. The molecule has 2 aliphatic carbocycles. The third-order valence-corrected chi connectivity index (χ3v) is 24.2. The van der Waals surface area contributed by atoms with Crippen molar-refractivity contribution in [2.24, 2.45) is 0 Å². The minimum absolute atomic E-state index is 0. The number of aryl methyl sites for hydroxylation is 6. The van der Waals surface area contributed by atoms with Crippen LogP contribution in [0.15, 0.2) is 71.8 Å². The van der Waals surface area contributed by atoms with Crippen LogP contribution in [0.25, 0.3) is 34.4 Å². The zero-order valence-corrected chi connectivity index (χ0v) is 32.1. The van der Waals surface area contributed by atoms with Gasteiger partial charge in [-0.15, -0.1) is 0 Å². The smallest absolute Gasteiger partial charge is 1.00 e. The van der Waals surface area contributed by atoms with Gasteiger partial charge >= 0.3 is 266 Å². The fraction of sp³-hybridized carbons (Fsp3) is 0.333. The summed E-state index contributed by atoms with van der Waals surface area (Å²) in [5.41, 5.74) is 24.5. The van der Waals surface area contributed by atoms with E-state index >= 15 is 0 Å². The molecule has 3 heteroatoms. The van der Waals surface area contributed by atoms with Crippen LogP contribution in [-0.2, 0) is 20.3 Å². The average molecular weight is 713 g/mol. The molecular formula is C42H46Cl2Zr. The number of hydrogen-bond donors (Lipinski definition) is 0. The molecule has 1 fully saturated rings. The second-order valence-electron chi connectivity index (χ2n) is 13.8. The van der Waals surface area contributed by atoms with Gasteiger partial charge in [-0.3, -0.25) is 0 Å². The number of fused-ring (bicyclic) bond motifs is 2. The summed E-state index contributed by atoms with van der Waals surface area (Å²) in [5, 5.41) is 0. The molecule has 3 aliphatic rings. The van der Waals surface area contributed by atoms with Gasteiger partial charge in [0.25, 0.3) is 0 Å². The van der Waals surface area contributed by atoms with Gasteiger partial charge in [-0.25, -0.2) is 0 Å². The quantitative estimate of drug-likeness (QED) is 0.221. The molecule has 0 spiro atoms. The van der Waals surface area contributed by atoms with Crippen LogP contribution in [0, 0.1) is 41.5 Å². The third-order valence-electron chi connectivity index (χ3n) is 11.2. The van der Waals surface area contributed by atoms with E-state index in [0.717, 1.165) is 12.8 Å². The third kappa shape index (κ3) is 5.21. The van der Waals surface area contributed by atoms with Crippen molar-refractivity contribution in [3.05, 3.63) is 127 Å². The fourth-order valence-corrected chi connectivity index (χ4v) is 27.6. The first kappa shape index (κ1) is 34.2.